The minimum Gasteiger partial charge on any atom is -0.370 e. The summed E-state index contributed by atoms with van der Waals surface area (Å²) in [4.78, 5) is 2.42. The van der Waals surface area contributed by atoms with Gasteiger partial charge in [0.1, 0.15) is 5.82 Å². The van der Waals surface area contributed by atoms with Gasteiger partial charge in [-0.05, 0) is 44.0 Å². The van der Waals surface area contributed by atoms with Crippen LogP contribution < -0.4 is 10.2 Å². The molecule has 1 aromatic rings. The van der Waals surface area contributed by atoms with E-state index in [9.17, 15) is 4.39 Å². The van der Waals surface area contributed by atoms with Crippen LogP contribution in [0.25, 0.3) is 0 Å². The quantitative estimate of drug-likeness (QED) is 0.907. The molecule has 2 aliphatic rings. The molecule has 1 heterocycles. The highest BCUT2D eigenvalue weighted by atomic mass is 19.1. The SMILES string of the molecule is CNCC1(CN2CCc3ccc(F)cc32)CCCCC1. The van der Waals surface area contributed by atoms with Crippen molar-refractivity contribution in [2.45, 2.75) is 38.5 Å². The van der Waals surface area contributed by atoms with Crippen molar-refractivity contribution >= 4 is 5.69 Å². The molecule has 0 spiro atoms. The molecule has 1 aliphatic carbocycles. The molecule has 0 saturated heterocycles. The van der Waals surface area contributed by atoms with Crippen LogP contribution in [0.4, 0.5) is 10.1 Å². The van der Waals surface area contributed by atoms with Crippen molar-refractivity contribution in [3.8, 4) is 0 Å². The summed E-state index contributed by atoms with van der Waals surface area (Å²) in [6, 6.07) is 5.26. The predicted octanol–water partition coefficient (Wildman–Crippen LogP) is 3.36. The van der Waals surface area contributed by atoms with Gasteiger partial charge in [-0.2, -0.15) is 0 Å². The Balaban J connectivity index is 1.79. The van der Waals surface area contributed by atoms with Gasteiger partial charge in [0.2, 0.25) is 0 Å². The van der Waals surface area contributed by atoms with Crippen molar-refractivity contribution in [3.63, 3.8) is 0 Å². The maximum atomic E-state index is 13.5. The minimum atomic E-state index is -0.109. The zero-order valence-corrected chi connectivity index (χ0v) is 12.4. The van der Waals surface area contributed by atoms with E-state index >= 15 is 0 Å². The van der Waals surface area contributed by atoms with Gasteiger partial charge < -0.3 is 10.2 Å². The number of hydrogen-bond donors (Lipinski definition) is 1. The highest BCUT2D eigenvalue weighted by molar-refractivity contribution is 5.58. The Kier molecular flexibility index (Phi) is 3.97. The molecule has 0 radical (unpaired) electrons. The molecule has 0 aromatic heterocycles. The molecule has 110 valence electrons. The van der Waals surface area contributed by atoms with Crippen LogP contribution in [0, 0.1) is 11.2 Å². The van der Waals surface area contributed by atoms with E-state index in [-0.39, 0.29) is 5.82 Å². The third-order valence-corrected chi connectivity index (χ3v) is 5.03. The number of halogens is 1. The molecule has 3 rings (SSSR count). The zero-order valence-electron chi connectivity index (χ0n) is 12.4. The summed E-state index contributed by atoms with van der Waals surface area (Å²) < 4.78 is 13.5. The summed E-state index contributed by atoms with van der Waals surface area (Å²) in [6.45, 7) is 3.20. The molecule has 1 aliphatic heterocycles. The molecule has 2 nitrogen and oxygen atoms in total. The Labute approximate surface area is 121 Å². The lowest BCUT2D eigenvalue weighted by molar-refractivity contribution is 0.192. The standard InChI is InChI=1S/C17H25FN2/c1-19-12-17(8-3-2-4-9-17)13-20-10-7-14-5-6-15(18)11-16(14)20/h5-6,11,19H,2-4,7-10,12-13H2,1H3. The third kappa shape index (κ3) is 2.69. The average molecular weight is 276 g/mol. The number of hydrogen-bond acceptors (Lipinski definition) is 2. The number of nitrogens with one attached hydrogen (secondary N) is 1. The number of rotatable bonds is 4. The van der Waals surface area contributed by atoms with E-state index in [4.69, 9.17) is 0 Å². The normalized spacial score (nSPS) is 21.0. The van der Waals surface area contributed by atoms with Gasteiger partial charge in [-0.25, -0.2) is 4.39 Å². The molecule has 20 heavy (non-hydrogen) atoms. The largest absolute Gasteiger partial charge is 0.370 e. The van der Waals surface area contributed by atoms with Gasteiger partial charge >= 0.3 is 0 Å². The summed E-state index contributed by atoms with van der Waals surface area (Å²) in [5, 5.41) is 3.39. The van der Waals surface area contributed by atoms with Crippen molar-refractivity contribution in [3.05, 3.63) is 29.6 Å². The summed E-state index contributed by atoms with van der Waals surface area (Å²) in [5.41, 5.74) is 2.81. The Bertz CT molecular complexity index is 461. The Morgan fingerprint density at radius 2 is 2.05 bits per heavy atom. The van der Waals surface area contributed by atoms with Crippen molar-refractivity contribution in [2.75, 3.05) is 31.6 Å². The third-order valence-electron chi connectivity index (χ3n) is 5.03. The van der Waals surface area contributed by atoms with E-state index in [1.807, 2.05) is 13.1 Å². The van der Waals surface area contributed by atoms with Crippen LogP contribution in [0.1, 0.15) is 37.7 Å². The molecule has 0 atom stereocenters. The van der Waals surface area contributed by atoms with Gasteiger partial charge in [0.05, 0.1) is 0 Å². The van der Waals surface area contributed by atoms with E-state index in [0.717, 1.165) is 31.7 Å². The van der Waals surface area contributed by atoms with Gasteiger partial charge in [-0.1, -0.05) is 25.3 Å². The minimum absolute atomic E-state index is 0.109. The first-order valence-corrected chi connectivity index (χ1v) is 7.90. The zero-order chi connectivity index (χ0) is 14.0. The van der Waals surface area contributed by atoms with Crippen molar-refractivity contribution in [1.29, 1.82) is 0 Å². The second-order valence-electron chi connectivity index (χ2n) is 6.54. The van der Waals surface area contributed by atoms with Crippen LogP contribution in [0.2, 0.25) is 0 Å². The lowest BCUT2D eigenvalue weighted by Crippen LogP contribution is -2.44. The van der Waals surface area contributed by atoms with Crippen LogP contribution in [-0.2, 0) is 6.42 Å². The lowest BCUT2D eigenvalue weighted by atomic mass is 9.73. The molecule has 1 fully saturated rings. The topological polar surface area (TPSA) is 15.3 Å². The summed E-state index contributed by atoms with van der Waals surface area (Å²) >= 11 is 0. The highest BCUT2D eigenvalue weighted by Gasteiger charge is 2.35. The summed E-state index contributed by atoms with van der Waals surface area (Å²) in [5.74, 6) is -0.109. The Morgan fingerprint density at radius 3 is 2.80 bits per heavy atom. The second kappa shape index (κ2) is 5.72. The number of anilines is 1. The number of nitrogens with zero attached hydrogens (tertiary/aromatic N) is 1. The molecule has 1 saturated carbocycles. The van der Waals surface area contributed by atoms with Crippen LogP contribution in [0.3, 0.4) is 0 Å². The molecular weight excluding hydrogens is 251 g/mol. The summed E-state index contributed by atoms with van der Waals surface area (Å²) in [6.07, 6.45) is 7.71. The molecule has 0 unspecified atom stereocenters. The Hall–Kier alpha value is -1.09. The summed E-state index contributed by atoms with van der Waals surface area (Å²) in [7, 11) is 2.05. The van der Waals surface area contributed by atoms with Crippen LogP contribution >= 0.6 is 0 Å². The fourth-order valence-electron chi connectivity index (χ4n) is 4.06. The van der Waals surface area contributed by atoms with Gasteiger partial charge in [0, 0.05) is 30.7 Å². The number of fused-ring (bicyclic) bond motifs is 1. The molecule has 1 aromatic carbocycles. The lowest BCUT2D eigenvalue weighted by Gasteiger charge is -2.41. The average Bonchev–Trinajstić information content (AvgIpc) is 2.82. The fraction of sp³-hybridized carbons (Fsp3) is 0.647. The highest BCUT2D eigenvalue weighted by Crippen LogP contribution is 2.39. The van der Waals surface area contributed by atoms with Gasteiger partial charge in [-0.3, -0.25) is 0 Å². The fourth-order valence-corrected chi connectivity index (χ4v) is 4.06. The molecule has 3 heteroatoms. The van der Waals surface area contributed by atoms with E-state index in [2.05, 4.69) is 10.2 Å². The number of benzene rings is 1. The predicted molar refractivity (Wildman–Crippen MR) is 81.8 cm³/mol. The van der Waals surface area contributed by atoms with Crippen molar-refractivity contribution in [1.82, 2.24) is 5.32 Å². The molecule has 1 N–H and O–H groups in total. The van der Waals surface area contributed by atoms with E-state index in [1.165, 1.54) is 37.7 Å². The molecule has 0 bridgehead atoms. The first-order chi connectivity index (χ1) is 9.72. The van der Waals surface area contributed by atoms with Crippen molar-refractivity contribution in [2.24, 2.45) is 5.41 Å². The van der Waals surface area contributed by atoms with Gasteiger partial charge in [-0.15, -0.1) is 0 Å². The van der Waals surface area contributed by atoms with Crippen LogP contribution in [0.15, 0.2) is 18.2 Å². The Morgan fingerprint density at radius 1 is 1.25 bits per heavy atom. The molecular formula is C17H25FN2. The molecule has 0 amide bonds. The second-order valence-corrected chi connectivity index (χ2v) is 6.54. The maximum absolute atomic E-state index is 13.5. The van der Waals surface area contributed by atoms with Crippen molar-refractivity contribution < 1.29 is 4.39 Å². The van der Waals surface area contributed by atoms with E-state index in [1.54, 1.807) is 12.1 Å². The van der Waals surface area contributed by atoms with E-state index in [0.29, 0.717) is 5.41 Å². The smallest absolute Gasteiger partial charge is 0.125 e. The first kappa shape index (κ1) is 13.9. The first-order valence-electron chi connectivity index (χ1n) is 7.90. The van der Waals surface area contributed by atoms with Crippen LogP contribution in [0.5, 0.6) is 0 Å². The van der Waals surface area contributed by atoms with Gasteiger partial charge in [0.25, 0.3) is 0 Å². The van der Waals surface area contributed by atoms with Crippen LogP contribution in [-0.4, -0.2) is 26.7 Å². The van der Waals surface area contributed by atoms with Gasteiger partial charge in [0.15, 0.2) is 0 Å². The van der Waals surface area contributed by atoms with E-state index < -0.39 is 0 Å². The monoisotopic (exact) mass is 276 g/mol. The maximum Gasteiger partial charge on any atom is 0.125 e.